The van der Waals surface area contributed by atoms with E-state index < -0.39 is 0 Å². The van der Waals surface area contributed by atoms with Crippen molar-refractivity contribution in [3.63, 3.8) is 0 Å². The number of ether oxygens (including phenoxy) is 1. The summed E-state index contributed by atoms with van der Waals surface area (Å²) in [6, 6.07) is 18.2. The summed E-state index contributed by atoms with van der Waals surface area (Å²) < 4.78 is 5.60. The van der Waals surface area contributed by atoms with Crippen LogP contribution in [0.25, 0.3) is 21.8 Å². The predicted octanol–water partition coefficient (Wildman–Crippen LogP) is 5.19. The average Bonchev–Trinajstić information content (AvgIpc) is 2.73. The number of anilines is 1. The van der Waals surface area contributed by atoms with Crippen LogP contribution in [0.3, 0.4) is 0 Å². The van der Waals surface area contributed by atoms with Gasteiger partial charge in [0, 0.05) is 28.6 Å². The van der Waals surface area contributed by atoms with E-state index in [1.807, 2.05) is 55.6 Å². The molecular formula is C23H22N4O. The van der Waals surface area contributed by atoms with Crippen molar-refractivity contribution in [3.8, 4) is 5.75 Å². The third-order valence-corrected chi connectivity index (χ3v) is 4.56. The van der Waals surface area contributed by atoms with Gasteiger partial charge in [-0.1, -0.05) is 25.1 Å². The van der Waals surface area contributed by atoms with Crippen molar-refractivity contribution in [3.05, 3.63) is 71.9 Å². The van der Waals surface area contributed by atoms with Crippen LogP contribution in [0.5, 0.6) is 5.75 Å². The molecule has 5 heteroatoms. The molecule has 0 atom stereocenters. The van der Waals surface area contributed by atoms with Crippen molar-refractivity contribution in [2.45, 2.75) is 20.3 Å². The standard InChI is InChI=1S/C23H22N4O/c1-3-17-12-23(26-22-13-19(28-4-2)9-10-20(17)22)27-25-15-16-11-18-7-5-6-8-21(18)24-14-16/h5-15H,3-4H2,1-2H3,(H,26,27). The first-order valence-electron chi connectivity index (χ1n) is 9.47. The van der Waals surface area contributed by atoms with Gasteiger partial charge in [-0.3, -0.25) is 10.4 Å². The van der Waals surface area contributed by atoms with E-state index in [0.717, 1.165) is 39.5 Å². The summed E-state index contributed by atoms with van der Waals surface area (Å²) in [5.41, 5.74) is 7.07. The van der Waals surface area contributed by atoms with Gasteiger partial charge in [0.25, 0.3) is 0 Å². The minimum Gasteiger partial charge on any atom is -0.494 e. The summed E-state index contributed by atoms with van der Waals surface area (Å²) in [6.45, 7) is 4.75. The summed E-state index contributed by atoms with van der Waals surface area (Å²) in [6.07, 6.45) is 4.49. The van der Waals surface area contributed by atoms with Crippen LogP contribution in [-0.4, -0.2) is 22.8 Å². The first-order valence-corrected chi connectivity index (χ1v) is 9.47. The number of nitrogens with one attached hydrogen (secondary N) is 1. The lowest BCUT2D eigenvalue weighted by molar-refractivity contribution is 0.340. The highest BCUT2D eigenvalue weighted by Gasteiger charge is 2.06. The maximum absolute atomic E-state index is 5.60. The van der Waals surface area contributed by atoms with Crippen LogP contribution in [0.15, 0.2) is 65.9 Å². The van der Waals surface area contributed by atoms with Gasteiger partial charge in [0.1, 0.15) is 11.6 Å². The van der Waals surface area contributed by atoms with Gasteiger partial charge >= 0.3 is 0 Å². The van der Waals surface area contributed by atoms with Gasteiger partial charge < -0.3 is 4.74 Å². The van der Waals surface area contributed by atoms with Crippen molar-refractivity contribution in [2.75, 3.05) is 12.0 Å². The third kappa shape index (κ3) is 3.78. The number of hydrogen-bond donors (Lipinski definition) is 1. The lowest BCUT2D eigenvalue weighted by Gasteiger charge is -2.10. The molecule has 140 valence electrons. The number of rotatable bonds is 6. The van der Waals surface area contributed by atoms with E-state index in [-0.39, 0.29) is 0 Å². The molecule has 1 N–H and O–H groups in total. The molecule has 0 saturated carbocycles. The number of hydrazone groups is 1. The molecule has 4 aromatic rings. The van der Waals surface area contributed by atoms with E-state index in [2.05, 4.69) is 39.6 Å². The molecule has 0 aliphatic carbocycles. The number of fused-ring (bicyclic) bond motifs is 2. The van der Waals surface area contributed by atoms with Crippen LogP contribution in [0.1, 0.15) is 25.0 Å². The van der Waals surface area contributed by atoms with E-state index in [4.69, 9.17) is 4.74 Å². The summed E-state index contributed by atoms with van der Waals surface area (Å²) in [7, 11) is 0. The SMILES string of the molecule is CCOc1ccc2c(CC)cc(NN=Cc3cnc4ccccc4c3)nc2c1. The zero-order valence-electron chi connectivity index (χ0n) is 16.0. The number of benzene rings is 2. The second kappa shape index (κ2) is 8.05. The van der Waals surface area contributed by atoms with E-state index in [0.29, 0.717) is 12.4 Å². The van der Waals surface area contributed by atoms with Gasteiger partial charge in [-0.2, -0.15) is 5.10 Å². The zero-order chi connectivity index (χ0) is 19.3. The monoisotopic (exact) mass is 370 g/mol. The number of aryl methyl sites for hydroxylation is 1. The van der Waals surface area contributed by atoms with Crippen molar-refractivity contribution in [2.24, 2.45) is 5.10 Å². The quantitative estimate of drug-likeness (QED) is 0.375. The predicted molar refractivity (Wildman–Crippen MR) is 115 cm³/mol. The Kier molecular flexibility index (Phi) is 5.15. The number of hydrogen-bond acceptors (Lipinski definition) is 5. The summed E-state index contributed by atoms with van der Waals surface area (Å²) in [5.74, 6) is 1.54. The van der Waals surface area contributed by atoms with Crippen molar-refractivity contribution >= 4 is 33.8 Å². The smallest absolute Gasteiger partial charge is 0.147 e. The van der Waals surface area contributed by atoms with Crippen molar-refractivity contribution < 1.29 is 4.74 Å². The fourth-order valence-electron chi connectivity index (χ4n) is 3.22. The van der Waals surface area contributed by atoms with E-state index in [9.17, 15) is 0 Å². The lowest BCUT2D eigenvalue weighted by Crippen LogP contribution is -1.98. The van der Waals surface area contributed by atoms with E-state index in [1.54, 1.807) is 6.21 Å². The third-order valence-electron chi connectivity index (χ3n) is 4.56. The Labute approximate surface area is 164 Å². The Hall–Kier alpha value is -3.47. The molecule has 2 aromatic heterocycles. The molecule has 0 radical (unpaired) electrons. The molecule has 28 heavy (non-hydrogen) atoms. The molecule has 2 aromatic carbocycles. The van der Waals surface area contributed by atoms with Crippen LogP contribution in [0, 0.1) is 0 Å². The zero-order valence-corrected chi connectivity index (χ0v) is 16.0. The Balaban J connectivity index is 1.59. The number of pyridine rings is 2. The fraction of sp³-hybridized carbons (Fsp3) is 0.174. The normalized spacial score (nSPS) is 11.4. The molecular weight excluding hydrogens is 348 g/mol. The Morgan fingerprint density at radius 3 is 2.79 bits per heavy atom. The summed E-state index contributed by atoms with van der Waals surface area (Å²) in [4.78, 5) is 9.14. The van der Waals surface area contributed by atoms with Gasteiger partial charge in [0.2, 0.25) is 0 Å². The van der Waals surface area contributed by atoms with Crippen molar-refractivity contribution in [1.82, 2.24) is 9.97 Å². The maximum Gasteiger partial charge on any atom is 0.147 e. The molecule has 5 nitrogen and oxygen atoms in total. The van der Waals surface area contributed by atoms with Crippen LogP contribution in [0.4, 0.5) is 5.82 Å². The van der Waals surface area contributed by atoms with E-state index in [1.165, 1.54) is 5.56 Å². The van der Waals surface area contributed by atoms with Gasteiger partial charge in [0.05, 0.1) is 23.9 Å². The molecule has 0 spiro atoms. The van der Waals surface area contributed by atoms with Gasteiger partial charge in [-0.05, 0) is 49.2 Å². The number of para-hydroxylation sites is 1. The number of nitrogens with zero attached hydrogens (tertiary/aromatic N) is 3. The Morgan fingerprint density at radius 2 is 1.93 bits per heavy atom. The Morgan fingerprint density at radius 1 is 1.04 bits per heavy atom. The van der Waals surface area contributed by atoms with Crippen LogP contribution >= 0.6 is 0 Å². The minimum absolute atomic E-state index is 0.633. The molecule has 0 amide bonds. The van der Waals surface area contributed by atoms with Crippen LogP contribution in [0.2, 0.25) is 0 Å². The maximum atomic E-state index is 5.60. The van der Waals surface area contributed by atoms with Crippen molar-refractivity contribution in [1.29, 1.82) is 0 Å². The average molecular weight is 370 g/mol. The van der Waals surface area contributed by atoms with Gasteiger partial charge in [-0.15, -0.1) is 0 Å². The molecule has 0 aliphatic rings. The summed E-state index contributed by atoms with van der Waals surface area (Å²) in [5, 5.41) is 6.58. The van der Waals surface area contributed by atoms with Gasteiger partial charge in [0.15, 0.2) is 0 Å². The highest BCUT2D eigenvalue weighted by atomic mass is 16.5. The second-order valence-corrected chi connectivity index (χ2v) is 6.46. The molecule has 0 unspecified atom stereocenters. The molecule has 0 aliphatic heterocycles. The topological polar surface area (TPSA) is 59.4 Å². The summed E-state index contributed by atoms with van der Waals surface area (Å²) >= 11 is 0. The van der Waals surface area contributed by atoms with Gasteiger partial charge in [-0.25, -0.2) is 4.98 Å². The molecule has 2 heterocycles. The molecule has 0 bridgehead atoms. The van der Waals surface area contributed by atoms with Crippen LogP contribution in [-0.2, 0) is 6.42 Å². The first kappa shape index (κ1) is 17.9. The highest BCUT2D eigenvalue weighted by molar-refractivity contribution is 5.88. The fourth-order valence-corrected chi connectivity index (χ4v) is 3.22. The highest BCUT2D eigenvalue weighted by Crippen LogP contribution is 2.25. The number of aromatic nitrogens is 2. The molecule has 0 fully saturated rings. The molecule has 4 rings (SSSR count). The first-order chi connectivity index (χ1) is 13.8. The minimum atomic E-state index is 0.633. The lowest BCUT2D eigenvalue weighted by atomic mass is 10.1. The largest absolute Gasteiger partial charge is 0.494 e. The van der Waals surface area contributed by atoms with E-state index >= 15 is 0 Å². The van der Waals surface area contributed by atoms with Crippen LogP contribution < -0.4 is 10.2 Å². The molecule has 0 saturated heterocycles. The second-order valence-electron chi connectivity index (χ2n) is 6.46. The Bertz CT molecular complexity index is 1150.